The van der Waals surface area contributed by atoms with Crippen LogP contribution in [-0.2, 0) is 9.84 Å². The molecule has 1 heterocycles. The van der Waals surface area contributed by atoms with Crippen molar-refractivity contribution in [2.75, 3.05) is 25.4 Å². The molecule has 0 spiro atoms. The molecule has 0 radical (unpaired) electrons. The largest absolute Gasteiger partial charge is 0.302 e. The Bertz CT molecular complexity index is 1180. The van der Waals surface area contributed by atoms with Crippen LogP contribution in [0.2, 0.25) is 5.02 Å². The van der Waals surface area contributed by atoms with Crippen molar-refractivity contribution >= 4 is 27.0 Å². The monoisotopic (exact) mass is 487 g/mol. The van der Waals surface area contributed by atoms with Crippen molar-refractivity contribution in [2.45, 2.75) is 17.7 Å². The maximum absolute atomic E-state index is 13.5. The van der Waals surface area contributed by atoms with E-state index in [0.29, 0.717) is 11.6 Å². The Morgan fingerprint density at radius 1 is 0.788 bits per heavy atom. The van der Waals surface area contributed by atoms with Crippen LogP contribution < -0.4 is 0 Å². The summed E-state index contributed by atoms with van der Waals surface area (Å²) in [4.78, 5) is 2.42. The van der Waals surface area contributed by atoms with Gasteiger partial charge in [-0.15, -0.1) is 0 Å². The molecule has 0 amide bonds. The fourth-order valence-corrected chi connectivity index (χ4v) is 5.52. The second-order valence-electron chi connectivity index (χ2n) is 8.11. The quantitative estimate of drug-likeness (QED) is 0.428. The minimum Gasteiger partial charge on any atom is -0.302 e. The molecule has 1 aliphatic rings. The van der Waals surface area contributed by atoms with Crippen LogP contribution >= 0.6 is 11.6 Å². The summed E-state index contributed by atoms with van der Waals surface area (Å²) in [5, 5.41) is 0.502. The molecule has 0 aliphatic carbocycles. The van der Waals surface area contributed by atoms with Gasteiger partial charge in [-0.3, -0.25) is 0 Å². The zero-order valence-corrected chi connectivity index (χ0v) is 19.5. The van der Waals surface area contributed by atoms with E-state index in [1.54, 1.807) is 36.4 Å². The molecule has 1 saturated heterocycles. The zero-order valence-electron chi connectivity index (χ0n) is 18.0. The van der Waals surface area contributed by atoms with E-state index in [1.165, 1.54) is 42.0 Å². The smallest absolute Gasteiger partial charge is 0.179 e. The summed E-state index contributed by atoms with van der Waals surface area (Å²) in [6.45, 7) is 1.88. The van der Waals surface area contributed by atoms with Crippen LogP contribution in [0.3, 0.4) is 0 Å². The van der Waals surface area contributed by atoms with Crippen molar-refractivity contribution < 1.29 is 17.2 Å². The summed E-state index contributed by atoms with van der Waals surface area (Å²) in [5.74, 6) is -0.575. The van der Waals surface area contributed by atoms with E-state index in [2.05, 4.69) is 4.90 Å². The van der Waals surface area contributed by atoms with Gasteiger partial charge in [0.05, 0.1) is 10.6 Å². The summed E-state index contributed by atoms with van der Waals surface area (Å²) in [5.41, 5.74) is 3.96. The molecule has 33 heavy (non-hydrogen) atoms. The number of rotatable bonds is 6. The summed E-state index contributed by atoms with van der Waals surface area (Å²) in [6, 6.07) is 18.9. The average molecular weight is 488 g/mol. The molecule has 0 saturated carbocycles. The lowest BCUT2D eigenvalue weighted by Crippen LogP contribution is -2.35. The first-order chi connectivity index (χ1) is 15.8. The molecule has 172 valence electrons. The van der Waals surface area contributed by atoms with Crippen LogP contribution in [-0.4, -0.2) is 38.7 Å². The van der Waals surface area contributed by atoms with E-state index in [0.717, 1.165) is 42.6 Å². The third-order valence-corrected chi connectivity index (χ3v) is 7.89. The Morgan fingerprint density at radius 2 is 1.27 bits per heavy atom. The molecule has 1 fully saturated rings. The molecule has 1 aliphatic heterocycles. The van der Waals surface area contributed by atoms with Crippen LogP contribution in [0, 0.1) is 11.6 Å². The van der Waals surface area contributed by atoms with Crippen LogP contribution in [0.15, 0.2) is 83.3 Å². The predicted molar refractivity (Wildman–Crippen MR) is 128 cm³/mol. The van der Waals surface area contributed by atoms with Gasteiger partial charge in [0.2, 0.25) is 0 Å². The lowest BCUT2D eigenvalue weighted by Gasteiger charge is -2.30. The SMILES string of the molecule is O=S(=O)(CCN1CCC(=C(c2ccc(F)cc2)c2ccc(F)cc2)CC1)c1ccc(Cl)cc1. The highest BCUT2D eigenvalue weighted by atomic mass is 35.5. The van der Waals surface area contributed by atoms with Gasteiger partial charge in [0.25, 0.3) is 0 Å². The number of likely N-dealkylation sites (tertiary alicyclic amines) is 1. The first-order valence-corrected chi connectivity index (χ1v) is 12.8. The molecular weight excluding hydrogens is 464 g/mol. The summed E-state index contributed by atoms with van der Waals surface area (Å²) < 4.78 is 52.3. The van der Waals surface area contributed by atoms with Crippen LogP contribution in [0.1, 0.15) is 24.0 Å². The Hall–Kier alpha value is -2.54. The second-order valence-corrected chi connectivity index (χ2v) is 10.7. The van der Waals surface area contributed by atoms with E-state index >= 15 is 0 Å². The fraction of sp³-hybridized carbons (Fsp3) is 0.231. The van der Waals surface area contributed by atoms with Crippen molar-refractivity contribution in [3.05, 3.63) is 106 Å². The molecule has 0 aromatic heterocycles. The van der Waals surface area contributed by atoms with Crippen molar-refractivity contribution in [3.63, 3.8) is 0 Å². The number of halogens is 3. The third kappa shape index (κ3) is 5.88. The normalized spacial score (nSPS) is 14.9. The molecular formula is C26H24ClF2NO2S. The number of nitrogens with zero attached hydrogens (tertiary/aromatic N) is 1. The van der Waals surface area contributed by atoms with E-state index in [9.17, 15) is 17.2 Å². The summed E-state index contributed by atoms with van der Waals surface area (Å²) >= 11 is 5.86. The van der Waals surface area contributed by atoms with Gasteiger partial charge in [0, 0.05) is 24.7 Å². The van der Waals surface area contributed by atoms with Crippen LogP contribution in [0.25, 0.3) is 5.57 Å². The highest BCUT2D eigenvalue weighted by Gasteiger charge is 2.22. The third-order valence-electron chi connectivity index (χ3n) is 5.93. The van der Waals surface area contributed by atoms with E-state index in [4.69, 9.17) is 11.6 Å². The number of piperidine rings is 1. The molecule has 3 nitrogen and oxygen atoms in total. The van der Waals surface area contributed by atoms with E-state index in [-0.39, 0.29) is 22.3 Å². The van der Waals surface area contributed by atoms with E-state index < -0.39 is 9.84 Å². The number of hydrogen-bond acceptors (Lipinski definition) is 3. The van der Waals surface area contributed by atoms with Gasteiger partial charge in [-0.25, -0.2) is 17.2 Å². The van der Waals surface area contributed by atoms with Gasteiger partial charge in [-0.1, -0.05) is 41.4 Å². The van der Waals surface area contributed by atoms with Crippen LogP contribution in [0.4, 0.5) is 8.78 Å². The molecule has 7 heteroatoms. The van der Waals surface area contributed by atoms with Crippen LogP contribution in [0.5, 0.6) is 0 Å². The van der Waals surface area contributed by atoms with Gasteiger partial charge in [-0.2, -0.15) is 0 Å². The number of sulfone groups is 1. The second kappa shape index (κ2) is 10.2. The molecule has 0 N–H and O–H groups in total. The lowest BCUT2D eigenvalue weighted by atomic mass is 9.88. The first kappa shape index (κ1) is 23.6. The van der Waals surface area contributed by atoms with Crippen molar-refractivity contribution in [1.29, 1.82) is 0 Å². The van der Waals surface area contributed by atoms with Gasteiger partial charge in [0.15, 0.2) is 9.84 Å². The topological polar surface area (TPSA) is 37.4 Å². The van der Waals surface area contributed by atoms with Gasteiger partial charge < -0.3 is 4.90 Å². The molecule has 3 aromatic carbocycles. The minimum atomic E-state index is -3.38. The number of benzene rings is 3. The standard InChI is InChI=1S/C26H24ClF2NO2S/c27-22-5-11-25(12-6-22)33(31,32)18-17-30-15-13-21(14-16-30)26(19-1-7-23(28)8-2-19)20-3-9-24(29)10-4-20/h1-12H,13-18H2. The van der Waals surface area contributed by atoms with Crippen molar-refractivity contribution in [2.24, 2.45) is 0 Å². The van der Waals surface area contributed by atoms with E-state index in [1.807, 2.05) is 0 Å². The molecule has 3 aromatic rings. The maximum atomic E-state index is 13.5. The predicted octanol–water partition coefficient (Wildman–Crippen LogP) is 5.99. The van der Waals surface area contributed by atoms with Crippen molar-refractivity contribution in [1.82, 2.24) is 4.90 Å². The van der Waals surface area contributed by atoms with Gasteiger partial charge >= 0.3 is 0 Å². The fourth-order valence-electron chi connectivity index (χ4n) is 4.11. The lowest BCUT2D eigenvalue weighted by molar-refractivity contribution is 0.271. The van der Waals surface area contributed by atoms with Gasteiger partial charge in [-0.05, 0) is 78.1 Å². The number of hydrogen-bond donors (Lipinski definition) is 0. The van der Waals surface area contributed by atoms with Crippen molar-refractivity contribution in [3.8, 4) is 0 Å². The Balaban J connectivity index is 1.49. The molecule has 4 rings (SSSR count). The molecule has 0 bridgehead atoms. The van der Waals surface area contributed by atoms with Gasteiger partial charge in [0.1, 0.15) is 11.6 Å². The highest BCUT2D eigenvalue weighted by Crippen LogP contribution is 2.32. The Labute approximate surface area is 198 Å². The maximum Gasteiger partial charge on any atom is 0.179 e. The highest BCUT2D eigenvalue weighted by molar-refractivity contribution is 7.91. The summed E-state index contributed by atoms with van der Waals surface area (Å²) in [7, 11) is -3.38. The Kier molecular flexibility index (Phi) is 7.27. The first-order valence-electron chi connectivity index (χ1n) is 10.8. The zero-order chi connectivity index (χ0) is 23.4. The Morgan fingerprint density at radius 3 is 1.76 bits per heavy atom. The summed E-state index contributed by atoms with van der Waals surface area (Å²) in [6.07, 6.45) is 1.51. The molecule has 0 unspecified atom stereocenters. The average Bonchev–Trinajstić information content (AvgIpc) is 2.81. The molecule has 0 atom stereocenters. The minimum absolute atomic E-state index is 0.0382.